The van der Waals surface area contributed by atoms with Crippen LogP contribution in [0.1, 0.15) is 18.4 Å². The van der Waals surface area contributed by atoms with Crippen LogP contribution in [0.25, 0.3) is 0 Å². The van der Waals surface area contributed by atoms with Crippen LogP contribution in [0.4, 0.5) is 0 Å². The Bertz CT molecular complexity index is 475. The number of methoxy groups -OCH3 is 1. The minimum Gasteiger partial charge on any atom is -0.496 e. The SMILES string of the molecule is COc1ccccc1CCN1CCC(CN(C)C[C@@H](O)CO)CC1. The number of benzene rings is 1. The van der Waals surface area contributed by atoms with Crippen molar-refractivity contribution in [1.29, 1.82) is 0 Å². The van der Waals surface area contributed by atoms with Gasteiger partial charge < -0.3 is 24.7 Å². The van der Waals surface area contributed by atoms with Gasteiger partial charge in [0.25, 0.3) is 0 Å². The first kappa shape index (κ1) is 19.2. The van der Waals surface area contributed by atoms with Gasteiger partial charge in [0.1, 0.15) is 5.75 Å². The molecule has 24 heavy (non-hydrogen) atoms. The highest BCUT2D eigenvalue weighted by Crippen LogP contribution is 2.21. The zero-order valence-corrected chi connectivity index (χ0v) is 15.0. The summed E-state index contributed by atoms with van der Waals surface area (Å²) in [5, 5.41) is 18.4. The third kappa shape index (κ3) is 6.06. The van der Waals surface area contributed by atoms with Crippen LogP contribution >= 0.6 is 0 Å². The second-order valence-corrected chi connectivity index (χ2v) is 6.90. The van der Waals surface area contributed by atoms with Crippen molar-refractivity contribution in [2.45, 2.75) is 25.4 Å². The highest BCUT2D eigenvalue weighted by atomic mass is 16.5. The molecular formula is C19H32N2O3. The first-order valence-corrected chi connectivity index (χ1v) is 8.94. The fourth-order valence-corrected chi connectivity index (χ4v) is 3.51. The number of para-hydroxylation sites is 1. The van der Waals surface area contributed by atoms with Gasteiger partial charge in [-0.15, -0.1) is 0 Å². The predicted octanol–water partition coefficient (Wildman–Crippen LogP) is 1.23. The second kappa shape index (κ2) is 9.99. The molecule has 1 fully saturated rings. The third-order valence-corrected chi connectivity index (χ3v) is 4.90. The fourth-order valence-electron chi connectivity index (χ4n) is 3.51. The molecule has 1 aromatic carbocycles. The molecule has 0 aromatic heterocycles. The third-order valence-electron chi connectivity index (χ3n) is 4.90. The average Bonchev–Trinajstić information content (AvgIpc) is 2.61. The minimum absolute atomic E-state index is 0.161. The molecule has 136 valence electrons. The lowest BCUT2D eigenvalue weighted by Crippen LogP contribution is -2.40. The van der Waals surface area contributed by atoms with Gasteiger partial charge in [0.15, 0.2) is 0 Å². The molecule has 5 heteroatoms. The number of likely N-dealkylation sites (tertiary alicyclic amines) is 1. The molecule has 0 amide bonds. The lowest BCUT2D eigenvalue weighted by atomic mass is 9.96. The standard InChI is InChI=1S/C19H32N2O3/c1-20(14-18(23)15-22)13-16-7-10-21(11-8-16)12-9-17-5-3-4-6-19(17)24-2/h3-6,16,18,22-23H,7-15H2,1-2H3/t18-/m1/s1. The fraction of sp³-hybridized carbons (Fsp3) is 0.684. The number of hydrogen-bond donors (Lipinski definition) is 2. The maximum absolute atomic E-state index is 9.51. The molecule has 1 aliphatic heterocycles. The van der Waals surface area contributed by atoms with Crippen molar-refractivity contribution >= 4 is 0 Å². The molecule has 1 atom stereocenters. The van der Waals surface area contributed by atoms with Gasteiger partial charge in [0.2, 0.25) is 0 Å². The van der Waals surface area contributed by atoms with E-state index in [2.05, 4.69) is 21.9 Å². The summed E-state index contributed by atoms with van der Waals surface area (Å²) in [6.07, 6.45) is 2.80. The van der Waals surface area contributed by atoms with E-state index in [4.69, 9.17) is 9.84 Å². The summed E-state index contributed by atoms with van der Waals surface area (Å²) in [4.78, 5) is 4.67. The molecule has 1 aliphatic rings. The van der Waals surface area contributed by atoms with Crippen LogP contribution in [-0.4, -0.2) is 79.6 Å². The number of piperidine rings is 1. The topological polar surface area (TPSA) is 56.2 Å². The van der Waals surface area contributed by atoms with E-state index in [0.717, 1.165) is 38.3 Å². The summed E-state index contributed by atoms with van der Waals surface area (Å²) >= 11 is 0. The zero-order chi connectivity index (χ0) is 17.4. The van der Waals surface area contributed by atoms with Crippen LogP contribution in [0.3, 0.4) is 0 Å². The van der Waals surface area contributed by atoms with Crippen molar-refractivity contribution in [2.24, 2.45) is 5.92 Å². The molecule has 0 saturated carbocycles. The summed E-state index contributed by atoms with van der Waals surface area (Å²) < 4.78 is 5.42. The van der Waals surface area contributed by atoms with Crippen LogP contribution in [0, 0.1) is 5.92 Å². The van der Waals surface area contributed by atoms with Crippen LogP contribution in [0.2, 0.25) is 0 Å². The van der Waals surface area contributed by atoms with E-state index in [1.165, 1.54) is 18.4 Å². The van der Waals surface area contributed by atoms with E-state index in [-0.39, 0.29) is 6.61 Å². The van der Waals surface area contributed by atoms with E-state index < -0.39 is 6.10 Å². The number of aliphatic hydroxyl groups excluding tert-OH is 2. The molecular weight excluding hydrogens is 304 g/mol. The maximum Gasteiger partial charge on any atom is 0.122 e. The Kier molecular flexibility index (Phi) is 7.99. The van der Waals surface area contributed by atoms with Gasteiger partial charge in [-0.05, 0) is 56.9 Å². The Morgan fingerprint density at radius 1 is 1.29 bits per heavy atom. The van der Waals surface area contributed by atoms with Gasteiger partial charge in [0.05, 0.1) is 19.8 Å². The smallest absolute Gasteiger partial charge is 0.122 e. The number of rotatable bonds is 9. The molecule has 0 radical (unpaired) electrons. The van der Waals surface area contributed by atoms with Crippen LogP contribution in [-0.2, 0) is 6.42 Å². The molecule has 0 bridgehead atoms. The zero-order valence-electron chi connectivity index (χ0n) is 15.0. The highest BCUT2D eigenvalue weighted by molar-refractivity contribution is 5.33. The Morgan fingerprint density at radius 3 is 2.67 bits per heavy atom. The van der Waals surface area contributed by atoms with Crippen LogP contribution in [0.15, 0.2) is 24.3 Å². The van der Waals surface area contributed by atoms with E-state index >= 15 is 0 Å². The molecule has 2 rings (SSSR count). The van der Waals surface area contributed by atoms with Gasteiger partial charge in [-0.1, -0.05) is 18.2 Å². The molecule has 2 N–H and O–H groups in total. The highest BCUT2D eigenvalue weighted by Gasteiger charge is 2.21. The first-order valence-electron chi connectivity index (χ1n) is 8.94. The van der Waals surface area contributed by atoms with Gasteiger partial charge in [-0.2, -0.15) is 0 Å². The number of likely N-dealkylation sites (N-methyl/N-ethyl adjacent to an activating group) is 1. The van der Waals surface area contributed by atoms with Crippen LogP contribution < -0.4 is 4.74 Å². The number of ether oxygens (including phenoxy) is 1. The van der Waals surface area contributed by atoms with Crippen molar-refractivity contribution in [3.63, 3.8) is 0 Å². The number of nitrogens with zero attached hydrogens (tertiary/aromatic N) is 2. The molecule has 1 saturated heterocycles. The largest absolute Gasteiger partial charge is 0.496 e. The summed E-state index contributed by atoms with van der Waals surface area (Å²) in [5.41, 5.74) is 1.28. The molecule has 1 heterocycles. The second-order valence-electron chi connectivity index (χ2n) is 6.90. The minimum atomic E-state index is -0.629. The van der Waals surface area contributed by atoms with Gasteiger partial charge in [-0.3, -0.25) is 0 Å². The van der Waals surface area contributed by atoms with Crippen molar-refractivity contribution in [2.75, 3.05) is 53.5 Å². The molecule has 0 spiro atoms. The van der Waals surface area contributed by atoms with Gasteiger partial charge >= 0.3 is 0 Å². The molecule has 0 unspecified atom stereocenters. The predicted molar refractivity (Wildman–Crippen MR) is 96.5 cm³/mol. The normalized spacial score (nSPS) is 18.0. The van der Waals surface area contributed by atoms with Crippen molar-refractivity contribution in [1.82, 2.24) is 9.80 Å². The Hall–Kier alpha value is -1.14. The van der Waals surface area contributed by atoms with E-state index in [1.807, 2.05) is 19.2 Å². The summed E-state index contributed by atoms with van der Waals surface area (Å²) in [6, 6.07) is 8.25. The summed E-state index contributed by atoms with van der Waals surface area (Å²) in [7, 11) is 3.75. The Balaban J connectivity index is 1.69. The molecule has 1 aromatic rings. The van der Waals surface area contributed by atoms with Crippen molar-refractivity contribution < 1.29 is 14.9 Å². The van der Waals surface area contributed by atoms with E-state index in [9.17, 15) is 5.11 Å². The van der Waals surface area contributed by atoms with Gasteiger partial charge in [0, 0.05) is 19.6 Å². The van der Waals surface area contributed by atoms with Crippen LogP contribution in [0.5, 0.6) is 5.75 Å². The van der Waals surface area contributed by atoms with E-state index in [1.54, 1.807) is 7.11 Å². The Morgan fingerprint density at radius 2 is 2.00 bits per heavy atom. The number of aliphatic hydroxyl groups is 2. The molecule has 5 nitrogen and oxygen atoms in total. The first-order chi connectivity index (χ1) is 11.6. The number of hydrogen-bond acceptors (Lipinski definition) is 5. The summed E-state index contributed by atoms with van der Waals surface area (Å²) in [5.74, 6) is 1.67. The van der Waals surface area contributed by atoms with Crippen molar-refractivity contribution in [3.05, 3.63) is 29.8 Å². The van der Waals surface area contributed by atoms with Crippen molar-refractivity contribution in [3.8, 4) is 5.75 Å². The Labute approximate surface area is 145 Å². The maximum atomic E-state index is 9.51. The van der Waals surface area contributed by atoms with Gasteiger partial charge in [-0.25, -0.2) is 0 Å². The summed E-state index contributed by atoms with van der Waals surface area (Å²) in [6.45, 7) is 4.73. The lowest BCUT2D eigenvalue weighted by molar-refractivity contribution is 0.0576. The average molecular weight is 336 g/mol. The molecule has 0 aliphatic carbocycles. The quantitative estimate of drug-likeness (QED) is 0.710. The van der Waals surface area contributed by atoms with E-state index in [0.29, 0.717) is 12.5 Å². The lowest BCUT2D eigenvalue weighted by Gasteiger charge is -2.34. The monoisotopic (exact) mass is 336 g/mol.